The van der Waals surface area contributed by atoms with Crippen LogP contribution in [0.15, 0.2) is 22.7 Å². The molecule has 2 atom stereocenters. The van der Waals surface area contributed by atoms with Crippen LogP contribution in [-0.2, 0) is 6.18 Å². The van der Waals surface area contributed by atoms with Gasteiger partial charge in [-0.1, -0.05) is 22.4 Å². The Balaban J connectivity index is 0.00000200. The number of aliphatic hydroxyl groups is 1. The molecule has 0 aliphatic heterocycles. The van der Waals surface area contributed by atoms with E-state index in [2.05, 4.69) is 15.9 Å². The summed E-state index contributed by atoms with van der Waals surface area (Å²) in [6.45, 7) is 0. The van der Waals surface area contributed by atoms with Gasteiger partial charge in [0.15, 0.2) is 0 Å². The molecule has 0 heterocycles. The third-order valence-corrected chi connectivity index (χ3v) is 4.41. The maximum atomic E-state index is 12.7. The van der Waals surface area contributed by atoms with Crippen molar-refractivity contribution in [3.05, 3.63) is 33.8 Å². The Morgan fingerprint density at radius 1 is 1.30 bits per heavy atom. The number of nitrogens with two attached hydrogens (primary N) is 1. The fourth-order valence-corrected chi connectivity index (χ4v) is 2.75. The van der Waals surface area contributed by atoms with Crippen LogP contribution >= 0.6 is 28.3 Å². The first kappa shape index (κ1) is 17.8. The quantitative estimate of drug-likeness (QED) is 0.838. The average Bonchev–Trinajstić information content (AvgIpc) is 2.24. The predicted octanol–water partition coefficient (Wildman–Crippen LogP) is 4.05. The molecule has 3 N–H and O–H groups in total. The summed E-state index contributed by atoms with van der Waals surface area (Å²) in [6.07, 6.45) is -2.40. The minimum absolute atomic E-state index is 0. The predicted molar refractivity (Wildman–Crippen MR) is 76.7 cm³/mol. The van der Waals surface area contributed by atoms with Crippen LogP contribution in [0.2, 0.25) is 0 Å². The standard InChI is InChI=1S/C13H15BrF3NO.ClH/c14-10-5-4-8(13(15,16)17)6-9(10)11(18)12(19)7-2-1-3-7;/h4-7,11-12,19H,1-3,18H2;1H/t11-,12+;/m1./s1. The molecule has 20 heavy (non-hydrogen) atoms. The van der Waals surface area contributed by atoms with Crippen molar-refractivity contribution >= 4 is 28.3 Å². The highest BCUT2D eigenvalue weighted by molar-refractivity contribution is 9.10. The minimum Gasteiger partial charge on any atom is -0.391 e. The Labute approximate surface area is 130 Å². The molecule has 0 saturated heterocycles. The summed E-state index contributed by atoms with van der Waals surface area (Å²) in [5.74, 6) is 0.0939. The molecule has 0 unspecified atom stereocenters. The second kappa shape index (κ2) is 6.64. The van der Waals surface area contributed by atoms with Crippen LogP contribution in [0.3, 0.4) is 0 Å². The highest BCUT2D eigenvalue weighted by Gasteiger charge is 2.34. The van der Waals surface area contributed by atoms with Gasteiger partial charge >= 0.3 is 6.18 Å². The molecule has 0 aromatic heterocycles. The van der Waals surface area contributed by atoms with E-state index in [1.807, 2.05) is 0 Å². The van der Waals surface area contributed by atoms with Crippen LogP contribution in [-0.4, -0.2) is 11.2 Å². The van der Waals surface area contributed by atoms with Crippen molar-refractivity contribution in [2.75, 3.05) is 0 Å². The lowest BCUT2D eigenvalue weighted by molar-refractivity contribution is -0.137. The molecule has 0 spiro atoms. The first-order chi connectivity index (χ1) is 8.80. The largest absolute Gasteiger partial charge is 0.416 e. The molecule has 1 aliphatic carbocycles. The Kier molecular flexibility index (Phi) is 5.89. The van der Waals surface area contributed by atoms with E-state index in [1.54, 1.807) is 0 Å². The van der Waals surface area contributed by atoms with Gasteiger partial charge in [0.25, 0.3) is 0 Å². The van der Waals surface area contributed by atoms with Gasteiger partial charge in [-0.25, -0.2) is 0 Å². The lowest BCUT2D eigenvalue weighted by Gasteiger charge is -2.34. The fourth-order valence-electron chi connectivity index (χ4n) is 2.23. The summed E-state index contributed by atoms with van der Waals surface area (Å²) in [7, 11) is 0. The Morgan fingerprint density at radius 2 is 1.90 bits per heavy atom. The van der Waals surface area contributed by atoms with Gasteiger partial charge in [0.2, 0.25) is 0 Å². The second-order valence-corrected chi connectivity index (χ2v) is 5.80. The molecule has 1 aromatic carbocycles. The van der Waals surface area contributed by atoms with Gasteiger partial charge in [-0.3, -0.25) is 0 Å². The summed E-state index contributed by atoms with van der Waals surface area (Å²) in [5, 5.41) is 10.1. The molecule has 1 fully saturated rings. The highest BCUT2D eigenvalue weighted by atomic mass is 79.9. The maximum absolute atomic E-state index is 12.7. The topological polar surface area (TPSA) is 46.2 Å². The molecular weight excluding hydrogens is 359 g/mol. The van der Waals surface area contributed by atoms with Crippen LogP contribution < -0.4 is 5.73 Å². The lowest BCUT2D eigenvalue weighted by atomic mass is 9.77. The van der Waals surface area contributed by atoms with E-state index in [4.69, 9.17) is 5.73 Å². The zero-order chi connectivity index (χ0) is 14.2. The Bertz CT molecular complexity index is 465. The zero-order valence-corrected chi connectivity index (χ0v) is 12.9. The minimum atomic E-state index is -4.41. The number of aliphatic hydroxyl groups excluding tert-OH is 1. The van der Waals surface area contributed by atoms with Gasteiger partial charge in [-0.2, -0.15) is 13.2 Å². The van der Waals surface area contributed by atoms with Gasteiger partial charge in [-0.05, 0) is 42.5 Å². The van der Waals surface area contributed by atoms with Gasteiger partial charge in [0.05, 0.1) is 17.7 Å². The molecule has 2 rings (SSSR count). The number of halogens is 5. The number of hydrogen-bond donors (Lipinski definition) is 2. The van der Waals surface area contributed by atoms with Gasteiger partial charge in [0.1, 0.15) is 0 Å². The highest BCUT2D eigenvalue weighted by Crippen LogP contribution is 2.38. The number of rotatable bonds is 3. The molecule has 1 aromatic rings. The molecule has 2 nitrogen and oxygen atoms in total. The first-order valence-electron chi connectivity index (χ1n) is 6.11. The SMILES string of the molecule is Cl.N[C@H](c1cc(C(F)(F)F)ccc1Br)[C@@H](O)C1CCC1. The second-order valence-electron chi connectivity index (χ2n) is 4.94. The smallest absolute Gasteiger partial charge is 0.391 e. The Hall–Kier alpha value is -0.300. The van der Waals surface area contributed by atoms with E-state index >= 15 is 0 Å². The monoisotopic (exact) mass is 373 g/mol. The van der Waals surface area contributed by atoms with Crippen molar-refractivity contribution in [1.82, 2.24) is 0 Å². The molecule has 0 radical (unpaired) electrons. The third kappa shape index (κ3) is 3.67. The summed E-state index contributed by atoms with van der Waals surface area (Å²) >= 11 is 3.20. The van der Waals surface area contributed by atoms with Gasteiger partial charge in [-0.15, -0.1) is 12.4 Å². The van der Waals surface area contributed by atoms with Crippen molar-refractivity contribution in [1.29, 1.82) is 0 Å². The first-order valence-corrected chi connectivity index (χ1v) is 6.90. The third-order valence-electron chi connectivity index (χ3n) is 3.68. The van der Waals surface area contributed by atoms with E-state index in [0.29, 0.717) is 10.0 Å². The Morgan fingerprint density at radius 3 is 2.35 bits per heavy atom. The number of hydrogen-bond acceptors (Lipinski definition) is 2. The van der Waals surface area contributed by atoms with Crippen molar-refractivity contribution in [3.8, 4) is 0 Å². The van der Waals surface area contributed by atoms with Crippen LogP contribution in [0.5, 0.6) is 0 Å². The van der Waals surface area contributed by atoms with Crippen LogP contribution in [0, 0.1) is 5.92 Å². The maximum Gasteiger partial charge on any atom is 0.416 e. The van der Waals surface area contributed by atoms with Crippen molar-refractivity contribution < 1.29 is 18.3 Å². The molecule has 114 valence electrons. The van der Waals surface area contributed by atoms with Gasteiger partial charge < -0.3 is 10.8 Å². The van der Waals surface area contributed by atoms with E-state index in [1.165, 1.54) is 6.07 Å². The van der Waals surface area contributed by atoms with E-state index < -0.39 is 23.9 Å². The normalized spacial score (nSPS) is 18.9. The summed E-state index contributed by atoms with van der Waals surface area (Å²) in [6, 6.07) is 2.53. The van der Waals surface area contributed by atoms with Crippen LogP contribution in [0.4, 0.5) is 13.2 Å². The van der Waals surface area contributed by atoms with Crippen molar-refractivity contribution in [3.63, 3.8) is 0 Å². The summed E-state index contributed by atoms with van der Waals surface area (Å²) in [4.78, 5) is 0. The van der Waals surface area contributed by atoms with Crippen molar-refractivity contribution in [2.24, 2.45) is 11.7 Å². The molecule has 1 saturated carbocycles. The molecule has 1 aliphatic rings. The molecular formula is C13H16BrClF3NO. The van der Waals surface area contributed by atoms with E-state index in [0.717, 1.165) is 31.4 Å². The average molecular weight is 375 g/mol. The van der Waals surface area contributed by atoms with Gasteiger partial charge in [0, 0.05) is 4.47 Å². The van der Waals surface area contributed by atoms with E-state index in [9.17, 15) is 18.3 Å². The number of benzene rings is 1. The molecule has 7 heteroatoms. The van der Waals surface area contributed by atoms with E-state index in [-0.39, 0.29) is 18.3 Å². The lowest BCUT2D eigenvalue weighted by Crippen LogP contribution is -2.36. The molecule has 0 bridgehead atoms. The summed E-state index contributed by atoms with van der Waals surface area (Å²) < 4.78 is 38.5. The van der Waals surface area contributed by atoms with Crippen molar-refractivity contribution in [2.45, 2.75) is 37.6 Å². The molecule has 0 amide bonds. The number of alkyl halides is 3. The van der Waals surface area contributed by atoms with Crippen LogP contribution in [0.1, 0.15) is 36.4 Å². The zero-order valence-electron chi connectivity index (χ0n) is 10.5. The fraction of sp³-hybridized carbons (Fsp3) is 0.538. The summed E-state index contributed by atoms with van der Waals surface area (Å²) in [5.41, 5.74) is 5.47. The van der Waals surface area contributed by atoms with Crippen LogP contribution in [0.25, 0.3) is 0 Å².